The van der Waals surface area contributed by atoms with Crippen LogP contribution in [-0.2, 0) is 4.74 Å². The molecule has 4 heteroatoms. The summed E-state index contributed by atoms with van der Waals surface area (Å²) in [5.74, 6) is 0.964. The van der Waals surface area contributed by atoms with Gasteiger partial charge in [0.2, 0.25) is 0 Å². The van der Waals surface area contributed by atoms with Gasteiger partial charge in [-0.05, 0) is 41.2 Å². The lowest BCUT2D eigenvalue weighted by Crippen LogP contribution is -2.20. The molecule has 0 bridgehead atoms. The van der Waals surface area contributed by atoms with Gasteiger partial charge >= 0.3 is 0 Å². The smallest absolute Gasteiger partial charge is 0.115 e. The molecule has 1 atom stereocenters. The largest absolute Gasteiger partial charge is 0.496 e. The molecule has 3 nitrogen and oxygen atoms in total. The Hall–Kier alpha value is -1.39. The van der Waals surface area contributed by atoms with Crippen molar-refractivity contribution in [2.75, 3.05) is 13.7 Å². The topological polar surface area (TPSA) is 34.1 Å². The van der Waals surface area contributed by atoms with Crippen molar-refractivity contribution in [3.63, 3.8) is 0 Å². The number of hydrogen-bond donors (Lipinski definition) is 1. The van der Waals surface area contributed by atoms with E-state index in [9.17, 15) is 0 Å². The van der Waals surface area contributed by atoms with Gasteiger partial charge in [0, 0.05) is 16.3 Å². The second kappa shape index (κ2) is 5.31. The van der Waals surface area contributed by atoms with Gasteiger partial charge in [0.15, 0.2) is 0 Å². The van der Waals surface area contributed by atoms with Crippen LogP contribution in [0.25, 0.3) is 10.9 Å². The Labute approximate surface area is 120 Å². The van der Waals surface area contributed by atoms with Gasteiger partial charge in [0.05, 0.1) is 17.8 Å². The molecule has 2 aromatic rings. The van der Waals surface area contributed by atoms with Gasteiger partial charge in [-0.3, -0.25) is 0 Å². The zero-order valence-corrected chi connectivity index (χ0v) is 12.3. The first kappa shape index (κ1) is 12.6. The molecule has 1 N–H and O–H groups in total. The molecule has 2 heterocycles. The predicted molar refractivity (Wildman–Crippen MR) is 79.9 cm³/mol. The van der Waals surface area contributed by atoms with Crippen molar-refractivity contribution in [2.45, 2.75) is 12.5 Å². The van der Waals surface area contributed by atoms with Crippen molar-refractivity contribution < 1.29 is 4.74 Å². The number of fused-ring (bicyclic) bond motifs is 1. The summed E-state index contributed by atoms with van der Waals surface area (Å²) in [4.78, 5) is 4.76. The zero-order valence-electron chi connectivity index (χ0n) is 10.7. The molecular weight excluding hydrogens is 304 g/mol. The molecule has 0 radical (unpaired) electrons. The first-order valence-electron chi connectivity index (χ1n) is 6.35. The minimum atomic E-state index is 0.00137. The molecular formula is C15H15BrN2O. The molecule has 0 amide bonds. The highest BCUT2D eigenvalue weighted by molar-refractivity contribution is 9.10. The fourth-order valence-electron chi connectivity index (χ4n) is 2.36. The lowest BCUT2D eigenvalue weighted by atomic mass is 10.1. The summed E-state index contributed by atoms with van der Waals surface area (Å²) in [5.41, 5.74) is 1.97. The summed E-state index contributed by atoms with van der Waals surface area (Å²) in [6, 6.07) is 10.2. The van der Waals surface area contributed by atoms with E-state index in [2.05, 4.69) is 39.5 Å². The van der Waals surface area contributed by atoms with Gasteiger partial charge in [-0.1, -0.05) is 18.2 Å². The lowest BCUT2D eigenvalue weighted by molar-refractivity contribution is 0.217. The van der Waals surface area contributed by atoms with Crippen LogP contribution in [0.5, 0.6) is 0 Å². The maximum Gasteiger partial charge on any atom is 0.115 e. The van der Waals surface area contributed by atoms with E-state index in [4.69, 9.17) is 9.72 Å². The summed E-state index contributed by atoms with van der Waals surface area (Å²) in [5, 5.41) is 4.41. The molecule has 19 heavy (non-hydrogen) atoms. The Morgan fingerprint density at radius 3 is 2.95 bits per heavy atom. The normalized spacial score (nSPS) is 16.2. The number of pyridine rings is 1. The first-order valence-corrected chi connectivity index (χ1v) is 7.14. The minimum Gasteiger partial charge on any atom is -0.496 e. The van der Waals surface area contributed by atoms with Gasteiger partial charge < -0.3 is 10.1 Å². The third kappa shape index (κ3) is 2.38. The van der Waals surface area contributed by atoms with Crippen LogP contribution in [0.4, 0.5) is 0 Å². The number of rotatable bonds is 3. The fraction of sp³-hybridized carbons (Fsp3) is 0.267. The van der Waals surface area contributed by atoms with E-state index >= 15 is 0 Å². The van der Waals surface area contributed by atoms with Crippen molar-refractivity contribution in [3.8, 4) is 0 Å². The highest BCUT2D eigenvalue weighted by Gasteiger charge is 2.23. The van der Waals surface area contributed by atoms with Gasteiger partial charge in [-0.25, -0.2) is 4.98 Å². The van der Waals surface area contributed by atoms with E-state index in [0.29, 0.717) is 0 Å². The molecule has 0 saturated heterocycles. The van der Waals surface area contributed by atoms with Crippen molar-refractivity contribution in [1.29, 1.82) is 0 Å². The predicted octanol–water partition coefficient (Wildman–Crippen LogP) is 3.56. The minimum absolute atomic E-state index is 0.00137. The van der Waals surface area contributed by atoms with Crippen LogP contribution in [-0.4, -0.2) is 18.6 Å². The summed E-state index contributed by atoms with van der Waals surface area (Å²) < 4.78 is 6.67. The fourth-order valence-corrected chi connectivity index (χ4v) is 2.92. The summed E-state index contributed by atoms with van der Waals surface area (Å²) in [6.45, 7) is 0.763. The molecule has 1 aliphatic rings. The highest BCUT2D eigenvalue weighted by Crippen LogP contribution is 2.31. The average Bonchev–Trinajstić information content (AvgIpc) is 2.94. The zero-order chi connectivity index (χ0) is 13.2. The molecule has 0 aliphatic carbocycles. The quantitative estimate of drug-likeness (QED) is 0.939. The second-order valence-corrected chi connectivity index (χ2v) is 5.37. The summed E-state index contributed by atoms with van der Waals surface area (Å²) in [6.07, 6.45) is 3.10. The number of benzene rings is 1. The van der Waals surface area contributed by atoms with E-state index in [0.717, 1.165) is 39.9 Å². The number of likely N-dealkylation sites (N-methyl/N-ethyl adjacent to an activating group) is 1. The van der Waals surface area contributed by atoms with Crippen LogP contribution in [0, 0.1) is 0 Å². The maximum absolute atomic E-state index is 5.67. The Morgan fingerprint density at radius 2 is 2.21 bits per heavy atom. The van der Waals surface area contributed by atoms with Crippen molar-refractivity contribution in [1.82, 2.24) is 10.3 Å². The number of hydrogen-bond acceptors (Lipinski definition) is 3. The van der Waals surface area contributed by atoms with Crippen molar-refractivity contribution in [2.24, 2.45) is 0 Å². The number of nitrogens with one attached hydrogen (secondary N) is 1. The number of para-hydroxylation sites is 1. The Morgan fingerprint density at radius 1 is 1.37 bits per heavy atom. The van der Waals surface area contributed by atoms with Gasteiger partial charge in [-0.15, -0.1) is 0 Å². The molecule has 0 saturated carbocycles. The van der Waals surface area contributed by atoms with Gasteiger partial charge in [0.1, 0.15) is 11.8 Å². The third-order valence-corrected chi connectivity index (χ3v) is 3.92. The Kier molecular flexibility index (Phi) is 3.53. The Bertz CT molecular complexity index is 639. The SMILES string of the molecule is CNC(C1=CCCO1)c1nc2ccccc2cc1Br. The van der Waals surface area contributed by atoms with Crippen LogP contribution in [0.3, 0.4) is 0 Å². The van der Waals surface area contributed by atoms with E-state index < -0.39 is 0 Å². The second-order valence-electron chi connectivity index (χ2n) is 4.51. The molecule has 1 aromatic carbocycles. The molecule has 0 fully saturated rings. The van der Waals surface area contributed by atoms with Crippen LogP contribution < -0.4 is 5.32 Å². The maximum atomic E-state index is 5.67. The first-order chi connectivity index (χ1) is 9.29. The molecule has 1 unspecified atom stereocenters. The average molecular weight is 319 g/mol. The lowest BCUT2D eigenvalue weighted by Gasteiger charge is -2.18. The van der Waals surface area contributed by atoms with E-state index in [1.165, 1.54) is 0 Å². The van der Waals surface area contributed by atoms with Crippen LogP contribution >= 0.6 is 15.9 Å². The molecule has 98 valence electrons. The van der Waals surface area contributed by atoms with E-state index in [-0.39, 0.29) is 6.04 Å². The summed E-state index contributed by atoms with van der Waals surface area (Å²) in [7, 11) is 1.93. The van der Waals surface area contributed by atoms with Gasteiger partial charge in [-0.2, -0.15) is 0 Å². The van der Waals surface area contributed by atoms with Crippen LogP contribution in [0.2, 0.25) is 0 Å². The standard InChI is InChI=1S/C15H15BrN2O/c1-17-15(13-7-4-8-19-13)14-11(16)9-10-5-2-3-6-12(10)18-14/h2-3,5-7,9,15,17H,4,8H2,1H3. The number of nitrogens with zero attached hydrogens (tertiary/aromatic N) is 1. The van der Waals surface area contributed by atoms with E-state index in [1.807, 2.05) is 25.2 Å². The van der Waals surface area contributed by atoms with Crippen LogP contribution in [0.1, 0.15) is 18.2 Å². The number of halogens is 1. The van der Waals surface area contributed by atoms with Crippen molar-refractivity contribution in [3.05, 3.63) is 52.3 Å². The van der Waals surface area contributed by atoms with Crippen LogP contribution in [0.15, 0.2) is 46.6 Å². The molecule has 3 rings (SSSR count). The van der Waals surface area contributed by atoms with E-state index in [1.54, 1.807) is 0 Å². The molecule has 0 spiro atoms. The highest BCUT2D eigenvalue weighted by atomic mass is 79.9. The molecule has 1 aromatic heterocycles. The van der Waals surface area contributed by atoms with Crippen molar-refractivity contribution >= 4 is 26.8 Å². The summed E-state index contributed by atoms with van der Waals surface area (Å²) >= 11 is 3.62. The Balaban J connectivity index is 2.09. The third-order valence-electron chi connectivity index (χ3n) is 3.28. The number of ether oxygens (including phenoxy) is 1. The number of aromatic nitrogens is 1. The monoisotopic (exact) mass is 318 g/mol. The molecule has 1 aliphatic heterocycles. The van der Waals surface area contributed by atoms with Gasteiger partial charge in [0.25, 0.3) is 0 Å².